The second-order valence-electron chi connectivity index (χ2n) is 7.30. The molecule has 0 aliphatic heterocycles. The normalized spacial score (nSPS) is 13.7. The van der Waals surface area contributed by atoms with Crippen LogP contribution in [0.15, 0.2) is 48.5 Å². The van der Waals surface area contributed by atoms with Crippen LogP contribution in [0.4, 0.5) is 0 Å². The van der Waals surface area contributed by atoms with Crippen LogP contribution in [-0.4, -0.2) is 32.2 Å². The fourth-order valence-electron chi connectivity index (χ4n) is 3.39. The Hall–Kier alpha value is -1.38. The fourth-order valence-corrected chi connectivity index (χ4v) is 3.39. The summed E-state index contributed by atoms with van der Waals surface area (Å²) in [4.78, 5) is 0. The Morgan fingerprint density at radius 2 is 1.26 bits per heavy atom. The van der Waals surface area contributed by atoms with E-state index in [0.717, 1.165) is 4.48 Å². The summed E-state index contributed by atoms with van der Waals surface area (Å²) in [5.74, 6) is 0.508. The number of rotatable bonds is 4. The van der Waals surface area contributed by atoms with Crippen molar-refractivity contribution in [2.45, 2.75) is 18.8 Å². The highest BCUT2D eigenvalue weighted by atomic mass is 79.9. The van der Waals surface area contributed by atoms with E-state index in [1.165, 1.54) is 41.6 Å². The van der Waals surface area contributed by atoms with Crippen LogP contribution in [0, 0.1) is 0 Å². The van der Waals surface area contributed by atoms with E-state index >= 15 is 0 Å². The van der Waals surface area contributed by atoms with E-state index in [0.29, 0.717) is 5.92 Å². The van der Waals surface area contributed by atoms with Crippen LogP contribution in [0.3, 0.4) is 0 Å². The van der Waals surface area contributed by atoms with Crippen LogP contribution in [0.2, 0.25) is 0 Å². The van der Waals surface area contributed by atoms with Crippen molar-refractivity contribution in [2.75, 3.05) is 27.7 Å². The molecule has 0 aromatic heterocycles. The summed E-state index contributed by atoms with van der Waals surface area (Å²) in [5.41, 5.74) is 5.69. The number of benzene rings is 2. The van der Waals surface area contributed by atoms with Gasteiger partial charge in [-0.05, 0) is 35.1 Å². The van der Waals surface area contributed by atoms with Crippen molar-refractivity contribution in [3.8, 4) is 0 Å². The minimum absolute atomic E-state index is 0. The topological polar surface area (TPSA) is 0 Å². The molecule has 0 atom stereocenters. The number of quaternary nitrogens is 1. The van der Waals surface area contributed by atoms with E-state index in [1.54, 1.807) is 0 Å². The van der Waals surface area contributed by atoms with Gasteiger partial charge in [0.05, 0.1) is 27.7 Å². The molecule has 23 heavy (non-hydrogen) atoms. The Labute approximate surface area is 151 Å². The first kappa shape index (κ1) is 18.0. The van der Waals surface area contributed by atoms with Crippen molar-refractivity contribution < 1.29 is 21.5 Å². The van der Waals surface area contributed by atoms with E-state index in [9.17, 15) is 0 Å². The van der Waals surface area contributed by atoms with Gasteiger partial charge >= 0.3 is 0 Å². The molecule has 1 aliphatic carbocycles. The minimum atomic E-state index is 0. The number of halogens is 1. The Morgan fingerprint density at radius 1 is 0.783 bits per heavy atom. The summed E-state index contributed by atoms with van der Waals surface area (Å²) in [5, 5.41) is 0. The summed E-state index contributed by atoms with van der Waals surface area (Å²) in [6.45, 7) is 1.22. The van der Waals surface area contributed by atoms with Crippen LogP contribution in [0.1, 0.15) is 41.0 Å². The quantitative estimate of drug-likeness (QED) is 0.718. The highest BCUT2D eigenvalue weighted by molar-refractivity contribution is 5.76. The fraction of sp³-hybridized carbons (Fsp3) is 0.333. The van der Waals surface area contributed by atoms with Crippen molar-refractivity contribution in [1.29, 1.82) is 0 Å². The first-order valence-corrected chi connectivity index (χ1v) is 8.21. The number of hydrogen-bond donors (Lipinski definition) is 0. The summed E-state index contributed by atoms with van der Waals surface area (Å²) in [7, 11) is 6.82. The van der Waals surface area contributed by atoms with Gasteiger partial charge in [-0.15, -0.1) is 0 Å². The van der Waals surface area contributed by atoms with Crippen LogP contribution < -0.4 is 17.0 Å². The Bertz CT molecular complexity index is 633. The maximum Gasteiger partial charge on any atom is 0.0780 e. The maximum absolute atomic E-state index is 2.30. The average molecular weight is 372 g/mol. The van der Waals surface area contributed by atoms with Gasteiger partial charge in [-0.2, -0.15) is 0 Å². The predicted molar refractivity (Wildman–Crippen MR) is 95.8 cm³/mol. The molecule has 0 heterocycles. The van der Waals surface area contributed by atoms with Crippen LogP contribution in [-0.2, 0) is 0 Å². The molecule has 2 aromatic carbocycles. The van der Waals surface area contributed by atoms with E-state index < -0.39 is 0 Å². The molecule has 1 nitrogen and oxygen atoms in total. The second kappa shape index (κ2) is 7.46. The van der Waals surface area contributed by atoms with Gasteiger partial charge < -0.3 is 21.5 Å². The molecule has 0 N–H and O–H groups in total. The van der Waals surface area contributed by atoms with Crippen LogP contribution >= 0.6 is 0 Å². The van der Waals surface area contributed by atoms with Crippen molar-refractivity contribution in [3.05, 3.63) is 70.8 Å². The van der Waals surface area contributed by atoms with E-state index in [4.69, 9.17) is 0 Å². The Morgan fingerprint density at radius 3 is 1.74 bits per heavy atom. The first-order valence-electron chi connectivity index (χ1n) is 8.21. The lowest BCUT2D eigenvalue weighted by Gasteiger charge is -2.26. The molecule has 0 saturated heterocycles. The molecule has 0 bridgehead atoms. The van der Waals surface area contributed by atoms with Gasteiger partial charge in [-0.25, -0.2) is 0 Å². The summed E-state index contributed by atoms with van der Waals surface area (Å²) in [6.07, 6.45) is 7.00. The molecule has 0 amide bonds. The van der Waals surface area contributed by atoms with Gasteiger partial charge in [0.1, 0.15) is 0 Å². The van der Waals surface area contributed by atoms with Crippen molar-refractivity contribution in [3.63, 3.8) is 0 Å². The summed E-state index contributed by atoms with van der Waals surface area (Å²) >= 11 is 0. The molecule has 0 radical (unpaired) electrons. The Balaban J connectivity index is 0.00000192. The van der Waals surface area contributed by atoms with Gasteiger partial charge in [0.25, 0.3) is 0 Å². The molecule has 122 valence electrons. The van der Waals surface area contributed by atoms with Gasteiger partial charge in [-0.1, -0.05) is 60.7 Å². The summed E-state index contributed by atoms with van der Waals surface area (Å²) < 4.78 is 1.04. The highest BCUT2D eigenvalue weighted by Gasteiger charge is 2.21. The third-order valence-corrected chi connectivity index (χ3v) is 4.51. The largest absolute Gasteiger partial charge is 1.00 e. The third kappa shape index (κ3) is 4.33. The molecule has 2 aromatic rings. The Kier molecular flexibility index (Phi) is 5.83. The number of nitrogens with zero attached hydrogens (tertiary/aromatic N) is 1. The smallest absolute Gasteiger partial charge is 0.0780 e. The lowest BCUT2D eigenvalue weighted by molar-refractivity contribution is -0.870. The number of hydrogen-bond acceptors (Lipinski definition) is 0. The molecule has 0 saturated carbocycles. The van der Waals surface area contributed by atoms with E-state index in [2.05, 4.69) is 81.8 Å². The van der Waals surface area contributed by atoms with E-state index in [1.807, 2.05) is 0 Å². The zero-order valence-electron chi connectivity index (χ0n) is 14.3. The molecule has 3 rings (SSSR count). The highest BCUT2D eigenvalue weighted by Crippen LogP contribution is 2.37. The number of fused-ring (bicyclic) bond motifs is 2. The zero-order valence-corrected chi connectivity index (χ0v) is 15.9. The third-order valence-electron chi connectivity index (χ3n) is 4.51. The molecule has 2 heteroatoms. The zero-order chi connectivity index (χ0) is 15.6. The van der Waals surface area contributed by atoms with Crippen LogP contribution in [0.25, 0.3) is 12.2 Å². The second-order valence-corrected chi connectivity index (χ2v) is 7.30. The predicted octanol–water partition coefficient (Wildman–Crippen LogP) is 1.79. The van der Waals surface area contributed by atoms with Crippen molar-refractivity contribution >= 4 is 12.2 Å². The molecular formula is C21H26BrN. The maximum atomic E-state index is 2.30. The average Bonchev–Trinajstić information content (AvgIpc) is 2.64. The van der Waals surface area contributed by atoms with Gasteiger partial charge in [-0.3, -0.25) is 0 Å². The lowest BCUT2D eigenvalue weighted by atomic mass is 9.84. The molecule has 0 unspecified atom stereocenters. The SMILES string of the molecule is C[N+](C)(C)CCCC1c2ccccc2C=Cc2ccccc21.[Br-]. The molecule has 1 aliphatic rings. The van der Waals surface area contributed by atoms with Crippen LogP contribution in [0.5, 0.6) is 0 Å². The molecule has 0 fully saturated rings. The molecule has 0 spiro atoms. The first-order chi connectivity index (χ1) is 10.5. The van der Waals surface area contributed by atoms with Gasteiger partial charge in [0.15, 0.2) is 0 Å². The van der Waals surface area contributed by atoms with Gasteiger partial charge in [0.2, 0.25) is 0 Å². The summed E-state index contributed by atoms with van der Waals surface area (Å²) in [6, 6.07) is 17.7. The lowest BCUT2D eigenvalue weighted by Crippen LogP contribution is -3.00. The monoisotopic (exact) mass is 371 g/mol. The van der Waals surface area contributed by atoms with E-state index in [-0.39, 0.29) is 17.0 Å². The standard InChI is InChI=1S/C21H26N.BrH/c1-22(2,3)16-8-13-21-19-11-6-4-9-17(19)14-15-18-10-5-7-12-20(18)21;/h4-7,9-12,14-15,21H,8,13,16H2,1-3H3;1H/q+1;/p-1. The van der Waals surface area contributed by atoms with Crippen molar-refractivity contribution in [2.24, 2.45) is 0 Å². The van der Waals surface area contributed by atoms with Crippen molar-refractivity contribution in [1.82, 2.24) is 0 Å². The molecular weight excluding hydrogens is 346 g/mol. The van der Waals surface area contributed by atoms with Gasteiger partial charge in [0, 0.05) is 5.92 Å². The minimum Gasteiger partial charge on any atom is -1.00 e.